The van der Waals surface area contributed by atoms with Crippen LogP contribution in [0.15, 0.2) is 24.3 Å². The van der Waals surface area contributed by atoms with Crippen molar-refractivity contribution in [1.82, 2.24) is 19.9 Å². The first kappa shape index (κ1) is 20.2. The third-order valence-electron chi connectivity index (χ3n) is 3.88. The number of halogens is 1. The van der Waals surface area contributed by atoms with Gasteiger partial charge in [0.05, 0.1) is 24.4 Å². The first-order valence-corrected chi connectivity index (χ1v) is 9.60. The molecule has 0 fully saturated rings. The van der Waals surface area contributed by atoms with Gasteiger partial charge in [-0.1, -0.05) is 22.9 Å². The molecular weight excluding hydrogens is 402 g/mol. The van der Waals surface area contributed by atoms with Crippen molar-refractivity contribution in [1.29, 1.82) is 0 Å². The van der Waals surface area contributed by atoms with Gasteiger partial charge in [-0.2, -0.15) is 9.97 Å². The molecule has 0 spiro atoms. The lowest BCUT2D eigenvalue weighted by atomic mass is 10.3. The third-order valence-corrected chi connectivity index (χ3v) is 5.16. The van der Waals surface area contributed by atoms with E-state index in [-0.39, 0.29) is 23.5 Å². The fourth-order valence-corrected chi connectivity index (χ4v) is 3.70. The molecule has 148 valence electrons. The molecule has 0 aliphatic heterocycles. The summed E-state index contributed by atoms with van der Waals surface area (Å²) >= 11 is 7.48. The first-order valence-electron chi connectivity index (χ1n) is 8.41. The quantitative estimate of drug-likeness (QED) is 0.580. The maximum atomic E-state index is 13.3. The van der Waals surface area contributed by atoms with Crippen LogP contribution in [0.2, 0.25) is 5.02 Å². The molecule has 0 N–H and O–H groups in total. The summed E-state index contributed by atoms with van der Waals surface area (Å²) in [6, 6.07) is 7.00. The second-order valence-corrected chi connectivity index (χ2v) is 7.60. The predicted molar refractivity (Wildman–Crippen MR) is 110 cm³/mol. The van der Waals surface area contributed by atoms with Gasteiger partial charge in [0.15, 0.2) is 5.13 Å². The number of amides is 1. The summed E-state index contributed by atoms with van der Waals surface area (Å²) < 4.78 is 11.1. The van der Waals surface area contributed by atoms with Gasteiger partial charge in [0, 0.05) is 24.2 Å². The number of benzene rings is 1. The topological polar surface area (TPSA) is 80.7 Å². The average Bonchev–Trinajstić information content (AvgIpc) is 3.09. The Balaban J connectivity index is 2.02. The Labute approximate surface area is 171 Å². The van der Waals surface area contributed by atoms with E-state index in [1.807, 2.05) is 31.1 Å². The van der Waals surface area contributed by atoms with E-state index < -0.39 is 0 Å². The fraction of sp³-hybridized carbons (Fsp3) is 0.333. The highest BCUT2D eigenvalue weighted by Gasteiger charge is 2.24. The molecule has 0 unspecified atom stereocenters. The molecule has 2 heterocycles. The summed E-state index contributed by atoms with van der Waals surface area (Å²) in [4.78, 5) is 29.7. The summed E-state index contributed by atoms with van der Waals surface area (Å²) in [5.41, 5.74) is 0.949. The van der Waals surface area contributed by atoms with Crippen molar-refractivity contribution in [3.8, 4) is 11.9 Å². The number of aromatic nitrogens is 3. The lowest BCUT2D eigenvalue weighted by molar-refractivity contribution is 0.0978. The smallest absolute Gasteiger partial charge is 0.320 e. The molecule has 3 aromatic rings. The van der Waals surface area contributed by atoms with Crippen LogP contribution < -0.4 is 14.4 Å². The molecule has 8 nitrogen and oxygen atoms in total. The van der Waals surface area contributed by atoms with Crippen LogP contribution in [-0.2, 0) is 0 Å². The van der Waals surface area contributed by atoms with Crippen molar-refractivity contribution in [2.24, 2.45) is 0 Å². The number of hydrogen-bond donors (Lipinski definition) is 0. The third kappa shape index (κ3) is 4.49. The maximum absolute atomic E-state index is 13.3. The first-order chi connectivity index (χ1) is 13.4. The highest BCUT2D eigenvalue weighted by molar-refractivity contribution is 7.22. The second-order valence-electron chi connectivity index (χ2n) is 6.15. The Morgan fingerprint density at radius 2 is 1.89 bits per heavy atom. The van der Waals surface area contributed by atoms with Gasteiger partial charge in [-0.05, 0) is 32.3 Å². The van der Waals surface area contributed by atoms with Gasteiger partial charge in [-0.15, -0.1) is 0 Å². The van der Waals surface area contributed by atoms with Crippen LogP contribution in [0.1, 0.15) is 10.5 Å². The SMILES string of the molecule is COc1cc(C(=O)N(CCN(C)C)c2nc3ccc(Cl)cc3s2)nc(OC)n1. The number of rotatable bonds is 7. The summed E-state index contributed by atoms with van der Waals surface area (Å²) in [5.74, 6) is -0.0650. The predicted octanol–water partition coefficient (Wildman–Crippen LogP) is 2.97. The van der Waals surface area contributed by atoms with Crippen LogP contribution in [0, 0.1) is 0 Å². The number of thiazole rings is 1. The lowest BCUT2D eigenvalue weighted by Crippen LogP contribution is -2.37. The average molecular weight is 422 g/mol. The highest BCUT2D eigenvalue weighted by Crippen LogP contribution is 2.31. The zero-order chi connectivity index (χ0) is 20.3. The molecule has 0 saturated heterocycles. The fourth-order valence-electron chi connectivity index (χ4n) is 2.43. The van der Waals surface area contributed by atoms with Crippen molar-refractivity contribution in [3.63, 3.8) is 0 Å². The lowest BCUT2D eigenvalue weighted by Gasteiger charge is -2.21. The van der Waals surface area contributed by atoms with Crippen LogP contribution in [0.5, 0.6) is 11.9 Å². The van der Waals surface area contributed by atoms with Gasteiger partial charge in [0.2, 0.25) is 5.88 Å². The van der Waals surface area contributed by atoms with Crippen LogP contribution in [-0.4, -0.2) is 67.2 Å². The molecule has 0 radical (unpaired) electrons. The normalized spacial score (nSPS) is 11.1. The minimum Gasteiger partial charge on any atom is -0.481 e. The number of anilines is 1. The highest BCUT2D eigenvalue weighted by atomic mass is 35.5. The summed E-state index contributed by atoms with van der Waals surface area (Å²) in [5, 5.41) is 1.19. The van der Waals surface area contributed by atoms with Crippen LogP contribution >= 0.6 is 22.9 Å². The van der Waals surface area contributed by atoms with E-state index in [2.05, 4.69) is 15.0 Å². The molecule has 3 rings (SSSR count). The van der Waals surface area contributed by atoms with E-state index in [1.165, 1.54) is 31.6 Å². The van der Waals surface area contributed by atoms with Crippen molar-refractivity contribution in [3.05, 3.63) is 35.0 Å². The van der Waals surface area contributed by atoms with E-state index in [0.29, 0.717) is 23.2 Å². The van der Waals surface area contributed by atoms with Gasteiger partial charge in [-0.25, -0.2) is 4.98 Å². The van der Waals surface area contributed by atoms with Gasteiger partial charge in [0.25, 0.3) is 5.91 Å². The summed E-state index contributed by atoms with van der Waals surface area (Å²) in [7, 11) is 6.79. The number of carbonyl (C=O) groups excluding carboxylic acids is 1. The van der Waals surface area contributed by atoms with Crippen molar-refractivity contribution in [2.75, 3.05) is 46.3 Å². The Bertz CT molecular complexity index is 972. The van der Waals surface area contributed by atoms with Crippen LogP contribution in [0.4, 0.5) is 5.13 Å². The number of hydrogen-bond acceptors (Lipinski definition) is 8. The molecule has 0 aliphatic rings. The number of ether oxygens (including phenoxy) is 2. The molecule has 1 aromatic carbocycles. The van der Waals surface area contributed by atoms with Gasteiger partial charge in [-0.3, -0.25) is 9.69 Å². The van der Waals surface area contributed by atoms with E-state index in [4.69, 9.17) is 21.1 Å². The number of methoxy groups -OCH3 is 2. The van der Waals surface area contributed by atoms with Crippen molar-refractivity contribution >= 4 is 44.2 Å². The molecule has 0 bridgehead atoms. The zero-order valence-corrected chi connectivity index (χ0v) is 17.5. The molecule has 0 atom stereocenters. The molecule has 28 heavy (non-hydrogen) atoms. The standard InChI is InChI=1S/C18H20ClN5O3S/c1-23(2)7-8-24(18-21-12-6-5-11(19)9-14(12)28-18)16(25)13-10-15(26-3)22-17(20-13)27-4/h5-6,9-10H,7-8H2,1-4H3. The summed E-state index contributed by atoms with van der Waals surface area (Å²) in [6.45, 7) is 1.09. The van der Waals surface area contributed by atoms with Crippen LogP contribution in [0.3, 0.4) is 0 Å². The Hall–Kier alpha value is -2.49. The molecule has 2 aromatic heterocycles. The van der Waals surface area contributed by atoms with Crippen LogP contribution in [0.25, 0.3) is 10.2 Å². The van der Waals surface area contributed by atoms with E-state index in [9.17, 15) is 4.79 Å². The van der Waals surface area contributed by atoms with Gasteiger partial charge in [0.1, 0.15) is 5.69 Å². The number of fused-ring (bicyclic) bond motifs is 1. The number of nitrogens with zero attached hydrogens (tertiary/aromatic N) is 5. The molecular formula is C18H20ClN5O3S. The van der Waals surface area contributed by atoms with E-state index >= 15 is 0 Å². The van der Waals surface area contributed by atoms with E-state index in [0.717, 1.165) is 10.2 Å². The van der Waals surface area contributed by atoms with Crippen molar-refractivity contribution < 1.29 is 14.3 Å². The monoisotopic (exact) mass is 421 g/mol. The van der Waals surface area contributed by atoms with Gasteiger partial charge < -0.3 is 14.4 Å². The Kier molecular flexibility index (Phi) is 6.28. The Morgan fingerprint density at radius 1 is 1.11 bits per heavy atom. The largest absolute Gasteiger partial charge is 0.481 e. The zero-order valence-electron chi connectivity index (χ0n) is 16.0. The minimum atomic E-state index is -0.314. The van der Waals surface area contributed by atoms with Crippen molar-refractivity contribution in [2.45, 2.75) is 0 Å². The van der Waals surface area contributed by atoms with Gasteiger partial charge >= 0.3 is 6.01 Å². The maximum Gasteiger partial charge on any atom is 0.320 e. The van der Waals surface area contributed by atoms with E-state index in [1.54, 1.807) is 11.0 Å². The molecule has 10 heteroatoms. The molecule has 1 amide bonds. The number of carbonyl (C=O) groups is 1. The number of likely N-dealkylation sites (N-methyl/N-ethyl adjacent to an activating group) is 1. The Morgan fingerprint density at radius 3 is 2.57 bits per heavy atom. The molecule has 0 saturated carbocycles. The second kappa shape index (κ2) is 8.68. The minimum absolute atomic E-state index is 0.0614. The summed E-state index contributed by atoms with van der Waals surface area (Å²) in [6.07, 6.45) is 0. The molecule has 0 aliphatic carbocycles.